The lowest BCUT2D eigenvalue weighted by molar-refractivity contribution is -0.139. The number of carboxylic acid groups (broad SMARTS) is 1. The van der Waals surface area contributed by atoms with Crippen molar-refractivity contribution in [2.24, 2.45) is 0 Å². The van der Waals surface area contributed by atoms with Crippen molar-refractivity contribution >= 4 is 21.9 Å². The molecule has 7 nitrogen and oxygen atoms in total. The van der Waals surface area contributed by atoms with Crippen molar-refractivity contribution in [2.45, 2.75) is 24.3 Å². The summed E-state index contributed by atoms with van der Waals surface area (Å²) in [6.07, 6.45) is 0.258. The van der Waals surface area contributed by atoms with Crippen LogP contribution in [0.5, 0.6) is 0 Å². The average Bonchev–Trinajstić information content (AvgIpc) is 2.44. The Morgan fingerprint density at radius 2 is 1.76 bits per heavy atom. The normalized spacial score (nSPS) is 13.0. The number of amides is 1. The molecule has 0 aliphatic carbocycles. The third kappa shape index (κ3) is 4.02. The van der Waals surface area contributed by atoms with Crippen LogP contribution in [0.2, 0.25) is 0 Å². The topological polar surface area (TPSA) is 104 Å². The van der Waals surface area contributed by atoms with Gasteiger partial charge in [0.15, 0.2) is 0 Å². The van der Waals surface area contributed by atoms with E-state index in [4.69, 9.17) is 5.11 Å². The molecule has 1 aromatic carbocycles. The van der Waals surface area contributed by atoms with Gasteiger partial charge in [0.05, 0.1) is 4.90 Å². The summed E-state index contributed by atoms with van der Waals surface area (Å²) < 4.78 is 24.8. The molecule has 0 radical (unpaired) electrons. The molecule has 1 atom stereocenters. The summed E-state index contributed by atoms with van der Waals surface area (Å²) in [6.45, 7) is 1.64. The third-order valence-corrected chi connectivity index (χ3v) is 4.74. The molecule has 0 heterocycles. The van der Waals surface area contributed by atoms with E-state index >= 15 is 0 Å². The van der Waals surface area contributed by atoms with Crippen molar-refractivity contribution in [3.63, 3.8) is 0 Å². The summed E-state index contributed by atoms with van der Waals surface area (Å²) in [5, 5.41) is 11.2. The molecule has 0 aromatic heterocycles. The van der Waals surface area contributed by atoms with Gasteiger partial charge in [0.1, 0.15) is 6.04 Å². The molecule has 1 amide bonds. The maximum atomic E-state index is 11.9. The molecule has 2 N–H and O–H groups in total. The summed E-state index contributed by atoms with van der Waals surface area (Å²) in [6, 6.07) is 4.35. The maximum Gasteiger partial charge on any atom is 0.326 e. The summed E-state index contributed by atoms with van der Waals surface area (Å²) in [7, 11) is -0.730. The number of carboxylic acids is 1. The van der Waals surface area contributed by atoms with Crippen LogP contribution < -0.4 is 5.32 Å². The summed E-state index contributed by atoms with van der Waals surface area (Å²) in [5.41, 5.74) is 0.201. The number of rotatable bonds is 6. The lowest BCUT2D eigenvalue weighted by Gasteiger charge is -2.13. The predicted octanol–water partition coefficient (Wildman–Crippen LogP) is 0.530. The highest BCUT2D eigenvalue weighted by atomic mass is 32.2. The summed E-state index contributed by atoms with van der Waals surface area (Å²) in [4.78, 5) is 22.8. The molecule has 0 spiro atoms. The molecule has 0 fully saturated rings. The van der Waals surface area contributed by atoms with Crippen molar-refractivity contribution in [1.82, 2.24) is 9.62 Å². The first-order valence-corrected chi connectivity index (χ1v) is 7.70. The number of carbonyl (C=O) groups is 2. The van der Waals surface area contributed by atoms with Gasteiger partial charge >= 0.3 is 5.97 Å². The molecule has 1 unspecified atom stereocenters. The zero-order valence-corrected chi connectivity index (χ0v) is 12.8. The van der Waals surface area contributed by atoms with E-state index < -0.39 is 27.9 Å². The Hall–Kier alpha value is -1.93. The Labute approximate surface area is 123 Å². The molecule has 1 rings (SSSR count). The van der Waals surface area contributed by atoms with E-state index in [2.05, 4.69) is 5.32 Å². The Morgan fingerprint density at radius 3 is 2.14 bits per heavy atom. The smallest absolute Gasteiger partial charge is 0.326 e. The van der Waals surface area contributed by atoms with Crippen molar-refractivity contribution in [3.8, 4) is 0 Å². The van der Waals surface area contributed by atoms with Gasteiger partial charge in [-0.1, -0.05) is 6.92 Å². The van der Waals surface area contributed by atoms with E-state index in [1.807, 2.05) is 0 Å². The van der Waals surface area contributed by atoms with Gasteiger partial charge < -0.3 is 10.4 Å². The Balaban J connectivity index is 2.93. The van der Waals surface area contributed by atoms with Crippen LogP contribution in [-0.4, -0.2) is 49.8 Å². The van der Waals surface area contributed by atoms with E-state index in [-0.39, 0.29) is 16.9 Å². The molecule has 0 saturated heterocycles. The minimum Gasteiger partial charge on any atom is -0.480 e. The Bertz CT molecular complexity index is 622. The monoisotopic (exact) mass is 314 g/mol. The van der Waals surface area contributed by atoms with Crippen molar-refractivity contribution < 1.29 is 23.1 Å². The van der Waals surface area contributed by atoms with Crippen molar-refractivity contribution in [3.05, 3.63) is 29.8 Å². The van der Waals surface area contributed by atoms with Crippen LogP contribution in [0.1, 0.15) is 23.7 Å². The highest BCUT2D eigenvalue weighted by molar-refractivity contribution is 7.89. The lowest BCUT2D eigenvalue weighted by Crippen LogP contribution is -2.40. The average molecular weight is 314 g/mol. The molecule has 0 aliphatic heterocycles. The number of nitrogens with zero attached hydrogens (tertiary/aromatic N) is 1. The number of nitrogens with one attached hydrogen (secondary N) is 1. The first kappa shape index (κ1) is 17.1. The van der Waals surface area contributed by atoms with E-state index in [0.29, 0.717) is 0 Å². The van der Waals surface area contributed by atoms with Gasteiger partial charge in [-0.3, -0.25) is 4.79 Å². The van der Waals surface area contributed by atoms with Gasteiger partial charge in [-0.05, 0) is 30.7 Å². The van der Waals surface area contributed by atoms with Gasteiger partial charge in [-0.2, -0.15) is 0 Å². The number of carbonyl (C=O) groups excluding carboxylic acids is 1. The van der Waals surface area contributed by atoms with Crippen molar-refractivity contribution in [2.75, 3.05) is 14.1 Å². The molecule has 0 saturated carbocycles. The molecule has 8 heteroatoms. The first-order chi connectivity index (χ1) is 9.70. The van der Waals surface area contributed by atoms with E-state index in [0.717, 1.165) is 4.31 Å². The molecule has 0 bridgehead atoms. The SMILES string of the molecule is CCC(NC(=O)c1ccc(S(=O)(=O)N(C)C)cc1)C(=O)O. The van der Waals surface area contributed by atoms with Crippen LogP contribution in [0.4, 0.5) is 0 Å². The van der Waals surface area contributed by atoms with Crippen LogP contribution in [0.3, 0.4) is 0 Å². The van der Waals surface area contributed by atoms with Crippen LogP contribution in [-0.2, 0) is 14.8 Å². The lowest BCUT2D eigenvalue weighted by atomic mass is 10.1. The van der Waals surface area contributed by atoms with E-state index in [1.54, 1.807) is 6.92 Å². The molecular formula is C13H18N2O5S. The quantitative estimate of drug-likeness (QED) is 0.797. The van der Waals surface area contributed by atoms with Crippen LogP contribution in [0.15, 0.2) is 29.2 Å². The van der Waals surface area contributed by atoms with Crippen molar-refractivity contribution in [1.29, 1.82) is 0 Å². The molecule has 0 aliphatic rings. The summed E-state index contributed by atoms with van der Waals surface area (Å²) in [5.74, 6) is -1.67. The second-order valence-electron chi connectivity index (χ2n) is 4.58. The predicted molar refractivity (Wildman–Crippen MR) is 76.5 cm³/mol. The standard InChI is InChI=1S/C13H18N2O5S/c1-4-11(13(17)18)14-12(16)9-5-7-10(8-6-9)21(19,20)15(2)3/h5-8,11H,4H2,1-3H3,(H,14,16)(H,17,18). The number of benzene rings is 1. The zero-order chi connectivity index (χ0) is 16.2. The molecule has 1 aromatic rings. The number of hydrogen-bond acceptors (Lipinski definition) is 4. The van der Waals surface area contributed by atoms with E-state index in [9.17, 15) is 18.0 Å². The number of sulfonamides is 1. The number of aliphatic carboxylic acids is 1. The first-order valence-electron chi connectivity index (χ1n) is 6.26. The number of hydrogen-bond donors (Lipinski definition) is 2. The maximum absolute atomic E-state index is 11.9. The second-order valence-corrected chi connectivity index (χ2v) is 6.74. The molecular weight excluding hydrogens is 296 g/mol. The van der Waals surface area contributed by atoms with E-state index in [1.165, 1.54) is 38.4 Å². The highest BCUT2D eigenvalue weighted by Gasteiger charge is 2.20. The van der Waals surface area contributed by atoms with Gasteiger partial charge in [-0.15, -0.1) is 0 Å². The fourth-order valence-electron chi connectivity index (χ4n) is 1.57. The minimum atomic E-state index is -3.55. The van der Waals surface area contributed by atoms with Gasteiger partial charge in [0.25, 0.3) is 5.91 Å². The van der Waals surface area contributed by atoms with Gasteiger partial charge in [-0.25, -0.2) is 17.5 Å². The largest absolute Gasteiger partial charge is 0.480 e. The van der Waals surface area contributed by atoms with Gasteiger partial charge in [0, 0.05) is 19.7 Å². The fraction of sp³-hybridized carbons (Fsp3) is 0.385. The zero-order valence-electron chi connectivity index (χ0n) is 12.0. The van der Waals surface area contributed by atoms with Crippen LogP contribution >= 0.6 is 0 Å². The molecule has 21 heavy (non-hydrogen) atoms. The third-order valence-electron chi connectivity index (χ3n) is 2.91. The minimum absolute atomic E-state index is 0.0642. The second kappa shape index (κ2) is 6.68. The highest BCUT2D eigenvalue weighted by Crippen LogP contribution is 2.14. The van der Waals surface area contributed by atoms with Gasteiger partial charge in [0.2, 0.25) is 10.0 Å². The van der Waals surface area contributed by atoms with Crippen LogP contribution in [0.25, 0.3) is 0 Å². The molecule has 116 valence electrons. The Kier molecular flexibility index (Phi) is 5.45. The van der Waals surface area contributed by atoms with Crippen LogP contribution in [0, 0.1) is 0 Å². The fourth-order valence-corrected chi connectivity index (χ4v) is 2.47. The Morgan fingerprint density at radius 1 is 1.24 bits per heavy atom. The summed E-state index contributed by atoms with van der Waals surface area (Å²) >= 11 is 0.